The Morgan fingerprint density at radius 2 is 1.75 bits per heavy atom. The van der Waals surface area contributed by atoms with Crippen molar-refractivity contribution in [3.8, 4) is 0 Å². The number of allylic oxidation sites excluding steroid dienone is 6. The summed E-state index contributed by atoms with van der Waals surface area (Å²) in [5.74, 6) is 0. The van der Waals surface area contributed by atoms with Gasteiger partial charge in [0.05, 0.1) is 0 Å². The quantitative estimate of drug-likeness (QED) is 0.517. The van der Waals surface area contributed by atoms with Crippen molar-refractivity contribution in [3.05, 3.63) is 70.7 Å². The Labute approximate surface area is 151 Å². The summed E-state index contributed by atoms with van der Waals surface area (Å²) < 4.78 is 1.36. The van der Waals surface area contributed by atoms with E-state index in [1.807, 2.05) is 45.1 Å². The molecule has 0 spiro atoms. The van der Waals surface area contributed by atoms with Gasteiger partial charge in [-0.15, -0.1) is 11.3 Å². The molecular formula is C23H30S. The van der Waals surface area contributed by atoms with Gasteiger partial charge < -0.3 is 0 Å². The number of hydrogen-bond acceptors (Lipinski definition) is 1. The van der Waals surface area contributed by atoms with Crippen molar-refractivity contribution in [2.45, 2.75) is 48.0 Å². The minimum absolute atomic E-state index is 1.04. The third kappa shape index (κ3) is 4.36. The highest BCUT2D eigenvalue weighted by molar-refractivity contribution is 7.20. The normalized spacial score (nSPS) is 12.9. The van der Waals surface area contributed by atoms with E-state index < -0.39 is 0 Å². The molecule has 0 saturated carbocycles. The SMILES string of the molecule is C=Cc1sc2c(C3=CC=C(C)CC=C3)cccc2c1C.CC.CC. The Kier molecular flexibility index (Phi) is 8.49. The van der Waals surface area contributed by atoms with Crippen molar-refractivity contribution < 1.29 is 0 Å². The predicted molar refractivity (Wildman–Crippen MR) is 115 cm³/mol. The van der Waals surface area contributed by atoms with Crippen molar-refractivity contribution in [1.82, 2.24) is 0 Å². The first kappa shape index (κ1) is 20.2. The summed E-state index contributed by atoms with van der Waals surface area (Å²) in [6.07, 6.45) is 11.9. The molecule has 24 heavy (non-hydrogen) atoms. The molecule has 1 aliphatic rings. The Morgan fingerprint density at radius 1 is 1.04 bits per heavy atom. The smallest absolute Gasteiger partial charge is 0.0430 e. The molecular weight excluding hydrogens is 308 g/mol. The van der Waals surface area contributed by atoms with Gasteiger partial charge in [0.25, 0.3) is 0 Å². The Bertz CT molecular complexity index is 767. The van der Waals surface area contributed by atoms with Crippen molar-refractivity contribution in [2.24, 2.45) is 0 Å². The predicted octanol–water partition coefficient (Wildman–Crippen LogP) is 8.19. The molecule has 0 atom stereocenters. The molecule has 3 rings (SSSR count). The highest BCUT2D eigenvalue weighted by atomic mass is 32.1. The standard InChI is InChI=1S/C19H18S.2C2H6/c1-4-18-14(3)16-9-6-10-17(19(16)20-18)15-8-5-7-13(2)11-12-15;2*1-2/h4-6,8-12H,1,7H2,2-3H3;2*1-2H3. The maximum Gasteiger partial charge on any atom is 0.0430 e. The van der Waals surface area contributed by atoms with Gasteiger partial charge in [-0.2, -0.15) is 0 Å². The third-order valence-electron chi connectivity index (χ3n) is 3.78. The van der Waals surface area contributed by atoms with Crippen LogP contribution in [0.3, 0.4) is 0 Å². The lowest BCUT2D eigenvalue weighted by Gasteiger charge is -2.03. The van der Waals surface area contributed by atoms with Crippen LogP contribution in [0.5, 0.6) is 0 Å². The summed E-state index contributed by atoms with van der Waals surface area (Å²) in [5.41, 5.74) is 5.36. The van der Waals surface area contributed by atoms with Gasteiger partial charge in [-0.1, -0.05) is 88.4 Å². The monoisotopic (exact) mass is 338 g/mol. The molecule has 0 aliphatic heterocycles. The summed E-state index contributed by atoms with van der Waals surface area (Å²) in [6, 6.07) is 6.58. The minimum Gasteiger partial charge on any atom is -0.135 e. The number of hydrogen-bond donors (Lipinski definition) is 0. The van der Waals surface area contributed by atoms with Gasteiger partial charge in [0.2, 0.25) is 0 Å². The summed E-state index contributed by atoms with van der Waals surface area (Å²) in [4.78, 5) is 1.28. The van der Waals surface area contributed by atoms with Gasteiger partial charge in [0.15, 0.2) is 0 Å². The Hall–Kier alpha value is -1.86. The van der Waals surface area contributed by atoms with Crippen LogP contribution in [0.2, 0.25) is 0 Å². The first-order valence-electron chi connectivity index (χ1n) is 8.89. The lowest BCUT2D eigenvalue weighted by atomic mass is 10.0. The second-order valence-corrected chi connectivity index (χ2v) is 6.27. The maximum atomic E-state index is 3.93. The molecule has 128 valence electrons. The van der Waals surface area contributed by atoms with Crippen LogP contribution in [-0.2, 0) is 0 Å². The van der Waals surface area contributed by atoms with E-state index in [0.29, 0.717) is 0 Å². The molecule has 1 aliphatic carbocycles. The minimum atomic E-state index is 1.04. The maximum absolute atomic E-state index is 3.93. The second kappa shape index (κ2) is 10.1. The van der Waals surface area contributed by atoms with Crippen molar-refractivity contribution in [1.29, 1.82) is 0 Å². The first-order chi connectivity index (χ1) is 11.7. The fourth-order valence-electron chi connectivity index (χ4n) is 2.59. The topological polar surface area (TPSA) is 0 Å². The van der Waals surface area contributed by atoms with Crippen LogP contribution in [-0.4, -0.2) is 0 Å². The molecule has 0 nitrogen and oxygen atoms in total. The zero-order chi connectivity index (χ0) is 18.1. The lowest BCUT2D eigenvalue weighted by molar-refractivity contribution is 1.22. The van der Waals surface area contributed by atoms with E-state index in [1.165, 1.54) is 37.2 Å². The Morgan fingerprint density at radius 3 is 2.42 bits per heavy atom. The van der Waals surface area contributed by atoms with E-state index in [2.05, 4.69) is 62.9 Å². The number of rotatable bonds is 2. The molecule has 0 saturated heterocycles. The molecule has 1 aromatic heterocycles. The molecule has 0 radical (unpaired) electrons. The van der Waals surface area contributed by atoms with Crippen LogP contribution >= 0.6 is 11.3 Å². The molecule has 1 heteroatoms. The van der Waals surface area contributed by atoms with Crippen molar-refractivity contribution >= 4 is 33.1 Å². The van der Waals surface area contributed by atoms with Crippen LogP contribution < -0.4 is 0 Å². The zero-order valence-electron chi connectivity index (χ0n) is 15.9. The van der Waals surface area contributed by atoms with Crippen LogP contribution in [0.1, 0.15) is 57.0 Å². The number of benzene rings is 1. The summed E-state index contributed by atoms with van der Waals surface area (Å²) in [7, 11) is 0. The third-order valence-corrected chi connectivity index (χ3v) is 5.12. The van der Waals surface area contributed by atoms with Crippen molar-refractivity contribution in [2.75, 3.05) is 0 Å². The highest BCUT2D eigenvalue weighted by Crippen LogP contribution is 2.37. The molecule has 2 aromatic rings. The average Bonchev–Trinajstić information content (AvgIpc) is 2.82. The van der Waals surface area contributed by atoms with Gasteiger partial charge in [0.1, 0.15) is 0 Å². The molecule has 0 fully saturated rings. The van der Waals surface area contributed by atoms with Gasteiger partial charge in [-0.25, -0.2) is 0 Å². The molecule has 1 heterocycles. The van der Waals surface area contributed by atoms with E-state index in [9.17, 15) is 0 Å². The molecule has 0 unspecified atom stereocenters. The lowest BCUT2D eigenvalue weighted by Crippen LogP contribution is -1.81. The van der Waals surface area contributed by atoms with Gasteiger partial charge >= 0.3 is 0 Å². The van der Waals surface area contributed by atoms with Crippen LogP contribution in [0.15, 0.2) is 54.7 Å². The average molecular weight is 339 g/mol. The van der Waals surface area contributed by atoms with E-state index in [1.54, 1.807) is 0 Å². The largest absolute Gasteiger partial charge is 0.135 e. The van der Waals surface area contributed by atoms with Gasteiger partial charge in [-0.05, 0) is 42.4 Å². The van der Waals surface area contributed by atoms with Crippen LogP contribution in [0.4, 0.5) is 0 Å². The van der Waals surface area contributed by atoms with E-state index in [0.717, 1.165) is 6.42 Å². The first-order valence-corrected chi connectivity index (χ1v) is 9.71. The van der Waals surface area contributed by atoms with Crippen molar-refractivity contribution in [3.63, 3.8) is 0 Å². The number of fused-ring (bicyclic) bond motifs is 1. The molecule has 0 N–H and O–H groups in total. The van der Waals surface area contributed by atoms with Crippen LogP contribution in [0.25, 0.3) is 21.7 Å². The second-order valence-electron chi connectivity index (χ2n) is 5.22. The Balaban J connectivity index is 0.000000671. The fraction of sp³-hybridized carbons (Fsp3) is 0.304. The summed E-state index contributed by atoms with van der Waals surface area (Å²) in [6.45, 7) is 16.3. The summed E-state index contributed by atoms with van der Waals surface area (Å²) in [5, 5.41) is 1.35. The van der Waals surface area contributed by atoms with E-state index in [4.69, 9.17) is 0 Å². The van der Waals surface area contributed by atoms with Gasteiger partial charge in [0, 0.05) is 9.58 Å². The number of aryl methyl sites for hydroxylation is 1. The molecule has 0 bridgehead atoms. The molecule has 1 aromatic carbocycles. The van der Waals surface area contributed by atoms with Gasteiger partial charge in [-0.3, -0.25) is 0 Å². The molecule has 0 amide bonds. The summed E-state index contributed by atoms with van der Waals surface area (Å²) >= 11 is 1.84. The highest BCUT2D eigenvalue weighted by Gasteiger charge is 2.11. The van der Waals surface area contributed by atoms with E-state index >= 15 is 0 Å². The van der Waals surface area contributed by atoms with Crippen LogP contribution in [0, 0.1) is 6.92 Å². The number of thiophene rings is 1. The van der Waals surface area contributed by atoms with E-state index in [-0.39, 0.29) is 0 Å². The fourth-order valence-corrected chi connectivity index (χ4v) is 3.78. The zero-order valence-corrected chi connectivity index (χ0v) is 16.8.